The van der Waals surface area contributed by atoms with E-state index in [1.54, 1.807) is 6.08 Å². The maximum Gasteiger partial charge on any atom is 0.328 e. The topological polar surface area (TPSA) is 40.5 Å². The Bertz CT molecular complexity index is 483. The lowest BCUT2D eigenvalue weighted by Gasteiger charge is -2.17. The number of benzene rings is 1. The van der Waals surface area contributed by atoms with Crippen LogP contribution >= 0.6 is 0 Å². The molecule has 0 aromatic heterocycles. The van der Waals surface area contributed by atoms with Crippen molar-refractivity contribution in [1.29, 1.82) is 0 Å². The third kappa shape index (κ3) is 3.69. The maximum atomic E-state index is 10.4. The second-order valence-electron chi connectivity index (χ2n) is 3.77. The van der Waals surface area contributed by atoms with Crippen LogP contribution < -0.4 is 4.90 Å². The predicted molar refractivity (Wildman–Crippen MR) is 70.0 cm³/mol. The number of nitrogens with zero attached hydrogens (tertiary/aromatic N) is 1. The van der Waals surface area contributed by atoms with Gasteiger partial charge in [-0.1, -0.05) is 12.0 Å². The molecule has 0 radical (unpaired) electrons. The number of carboxylic acid groups (broad SMARTS) is 1. The minimum Gasteiger partial charge on any atom is -0.478 e. The Labute approximate surface area is 101 Å². The standard InChI is InChI=1S/C14H15NO2/c1-4-9-15(3)13-7-5-12(11(2)10-13)6-8-14(16)17/h1,5-8,10H,9H2,2-3H3,(H,16,17)/b8-6+. The van der Waals surface area contributed by atoms with Gasteiger partial charge < -0.3 is 10.0 Å². The van der Waals surface area contributed by atoms with E-state index in [0.29, 0.717) is 6.54 Å². The molecular weight excluding hydrogens is 214 g/mol. The van der Waals surface area contributed by atoms with Crippen molar-refractivity contribution in [2.75, 3.05) is 18.5 Å². The van der Waals surface area contributed by atoms with E-state index >= 15 is 0 Å². The van der Waals surface area contributed by atoms with Crippen LogP contribution in [0.15, 0.2) is 24.3 Å². The van der Waals surface area contributed by atoms with Crippen LogP contribution in [0.5, 0.6) is 0 Å². The molecule has 3 nitrogen and oxygen atoms in total. The summed E-state index contributed by atoms with van der Waals surface area (Å²) in [5, 5.41) is 8.56. The summed E-state index contributed by atoms with van der Waals surface area (Å²) < 4.78 is 0. The lowest BCUT2D eigenvalue weighted by Crippen LogP contribution is -2.16. The minimum atomic E-state index is -0.946. The van der Waals surface area contributed by atoms with Gasteiger partial charge in [-0.05, 0) is 36.3 Å². The number of rotatable bonds is 4. The van der Waals surface area contributed by atoms with Crippen molar-refractivity contribution >= 4 is 17.7 Å². The summed E-state index contributed by atoms with van der Waals surface area (Å²) >= 11 is 0. The molecule has 0 aliphatic carbocycles. The van der Waals surface area contributed by atoms with Crippen molar-refractivity contribution in [1.82, 2.24) is 0 Å². The van der Waals surface area contributed by atoms with Crippen molar-refractivity contribution < 1.29 is 9.90 Å². The number of carbonyl (C=O) groups is 1. The monoisotopic (exact) mass is 229 g/mol. The average molecular weight is 229 g/mol. The highest BCUT2D eigenvalue weighted by Crippen LogP contribution is 2.19. The fourth-order valence-electron chi connectivity index (χ4n) is 1.47. The Morgan fingerprint density at radius 2 is 2.29 bits per heavy atom. The zero-order valence-corrected chi connectivity index (χ0v) is 9.97. The Balaban J connectivity index is 2.94. The number of aryl methyl sites for hydroxylation is 1. The summed E-state index contributed by atoms with van der Waals surface area (Å²) in [6.07, 6.45) is 7.97. The van der Waals surface area contributed by atoms with Crippen LogP contribution in [0.3, 0.4) is 0 Å². The van der Waals surface area contributed by atoms with E-state index < -0.39 is 5.97 Å². The van der Waals surface area contributed by atoms with Crippen molar-refractivity contribution in [2.45, 2.75) is 6.92 Å². The fraction of sp³-hybridized carbons (Fsp3) is 0.214. The van der Waals surface area contributed by atoms with E-state index in [-0.39, 0.29) is 0 Å². The lowest BCUT2D eigenvalue weighted by molar-refractivity contribution is -0.131. The zero-order chi connectivity index (χ0) is 12.8. The van der Waals surface area contributed by atoms with Crippen LogP contribution in [0.2, 0.25) is 0 Å². The van der Waals surface area contributed by atoms with Crippen LogP contribution in [0.25, 0.3) is 6.08 Å². The molecule has 0 saturated carbocycles. The predicted octanol–water partition coefficient (Wildman–Crippen LogP) is 2.16. The molecule has 0 spiro atoms. The second-order valence-corrected chi connectivity index (χ2v) is 3.77. The molecule has 0 unspecified atom stereocenters. The number of aliphatic carboxylic acids is 1. The number of anilines is 1. The Morgan fingerprint density at radius 1 is 1.59 bits per heavy atom. The molecule has 0 fully saturated rings. The fourth-order valence-corrected chi connectivity index (χ4v) is 1.47. The first-order chi connectivity index (χ1) is 8.04. The van der Waals surface area contributed by atoms with Crippen LogP contribution in [0, 0.1) is 19.3 Å². The third-order valence-corrected chi connectivity index (χ3v) is 2.43. The summed E-state index contributed by atoms with van der Waals surface area (Å²) in [6.45, 7) is 2.48. The van der Waals surface area contributed by atoms with Crippen LogP contribution in [-0.2, 0) is 4.79 Å². The summed E-state index contributed by atoms with van der Waals surface area (Å²) in [5.41, 5.74) is 2.93. The molecule has 3 heteroatoms. The van der Waals surface area contributed by atoms with Gasteiger partial charge in [-0.25, -0.2) is 4.79 Å². The van der Waals surface area contributed by atoms with E-state index in [1.807, 2.05) is 37.1 Å². The Morgan fingerprint density at radius 3 is 2.82 bits per heavy atom. The lowest BCUT2D eigenvalue weighted by atomic mass is 10.1. The molecule has 0 heterocycles. The van der Waals surface area contributed by atoms with Crippen LogP contribution in [0.4, 0.5) is 5.69 Å². The summed E-state index contributed by atoms with van der Waals surface area (Å²) in [4.78, 5) is 12.4. The molecule has 0 saturated heterocycles. The molecule has 1 N–H and O–H groups in total. The quantitative estimate of drug-likeness (QED) is 0.635. The van der Waals surface area contributed by atoms with E-state index in [4.69, 9.17) is 11.5 Å². The first kappa shape index (κ1) is 12.9. The average Bonchev–Trinajstić information content (AvgIpc) is 2.27. The Hall–Kier alpha value is -2.21. The van der Waals surface area contributed by atoms with E-state index in [0.717, 1.165) is 22.9 Å². The molecule has 0 aliphatic heterocycles. The van der Waals surface area contributed by atoms with Gasteiger partial charge in [-0.15, -0.1) is 6.42 Å². The van der Waals surface area contributed by atoms with Gasteiger partial charge in [-0.3, -0.25) is 0 Å². The number of hydrogen-bond acceptors (Lipinski definition) is 2. The van der Waals surface area contributed by atoms with Crippen LogP contribution in [0.1, 0.15) is 11.1 Å². The molecule has 1 rings (SSSR count). The second kappa shape index (κ2) is 5.76. The number of hydrogen-bond donors (Lipinski definition) is 1. The van der Waals surface area contributed by atoms with E-state index in [1.165, 1.54) is 0 Å². The molecule has 0 atom stereocenters. The molecular formula is C14H15NO2. The summed E-state index contributed by atoms with van der Waals surface area (Å²) in [6, 6.07) is 5.79. The number of terminal acetylenes is 1. The van der Waals surface area contributed by atoms with Crippen molar-refractivity contribution in [2.24, 2.45) is 0 Å². The van der Waals surface area contributed by atoms with Crippen LogP contribution in [-0.4, -0.2) is 24.7 Å². The first-order valence-corrected chi connectivity index (χ1v) is 5.21. The van der Waals surface area contributed by atoms with Gasteiger partial charge in [-0.2, -0.15) is 0 Å². The highest BCUT2D eigenvalue weighted by molar-refractivity contribution is 5.85. The van der Waals surface area contributed by atoms with E-state index in [9.17, 15) is 4.79 Å². The summed E-state index contributed by atoms with van der Waals surface area (Å²) in [7, 11) is 1.92. The normalized spacial score (nSPS) is 10.2. The molecule has 17 heavy (non-hydrogen) atoms. The SMILES string of the molecule is C#CCN(C)c1ccc(/C=C/C(=O)O)c(C)c1. The van der Waals surface area contributed by atoms with Gasteiger partial charge in [0.2, 0.25) is 0 Å². The van der Waals surface area contributed by atoms with Crippen molar-refractivity contribution in [3.05, 3.63) is 35.4 Å². The smallest absolute Gasteiger partial charge is 0.328 e. The Kier molecular flexibility index (Phi) is 4.36. The van der Waals surface area contributed by atoms with Gasteiger partial charge in [0.25, 0.3) is 0 Å². The molecule has 0 bridgehead atoms. The first-order valence-electron chi connectivity index (χ1n) is 5.21. The molecule has 88 valence electrons. The zero-order valence-electron chi connectivity index (χ0n) is 9.97. The van der Waals surface area contributed by atoms with E-state index in [2.05, 4.69) is 5.92 Å². The highest BCUT2D eigenvalue weighted by atomic mass is 16.4. The maximum absolute atomic E-state index is 10.4. The molecule has 0 amide bonds. The van der Waals surface area contributed by atoms with Crippen molar-refractivity contribution in [3.63, 3.8) is 0 Å². The largest absolute Gasteiger partial charge is 0.478 e. The summed E-state index contributed by atoms with van der Waals surface area (Å²) in [5.74, 6) is 1.63. The third-order valence-electron chi connectivity index (χ3n) is 2.43. The highest BCUT2D eigenvalue weighted by Gasteiger charge is 2.01. The number of carboxylic acids is 1. The molecule has 0 aliphatic rings. The van der Waals surface area contributed by atoms with Gasteiger partial charge in [0.1, 0.15) is 0 Å². The minimum absolute atomic E-state index is 0.545. The molecule has 1 aromatic carbocycles. The van der Waals surface area contributed by atoms with Gasteiger partial charge >= 0.3 is 5.97 Å². The van der Waals surface area contributed by atoms with Gasteiger partial charge in [0.05, 0.1) is 6.54 Å². The van der Waals surface area contributed by atoms with Crippen molar-refractivity contribution in [3.8, 4) is 12.3 Å². The van der Waals surface area contributed by atoms with Gasteiger partial charge in [0, 0.05) is 18.8 Å². The van der Waals surface area contributed by atoms with Gasteiger partial charge in [0.15, 0.2) is 0 Å². The molecule has 1 aromatic rings.